The highest BCUT2D eigenvalue weighted by Gasteiger charge is 2.38. The Morgan fingerprint density at radius 2 is 1.81 bits per heavy atom. The first-order chi connectivity index (χ1) is 10.0. The number of halogens is 3. The molecule has 21 heavy (non-hydrogen) atoms. The predicted molar refractivity (Wildman–Crippen MR) is 72.2 cm³/mol. The Kier molecular flexibility index (Phi) is 3.89. The Labute approximate surface area is 120 Å². The smallest absolute Gasteiger partial charge is 0.241 e. The molecule has 3 nitrogen and oxygen atoms in total. The van der Waals surface area contributed by atoms with E-state index < -0.39 is 29.4 Å². The van der Waals surface area contributed by atoms with Crippen molar-refractivity contribution < 1.29 is 18.0 Å². The maximum Gasteiger partial charge on any atom is 0.241 e. The van der Waals surface area contributed by atoms with Gasteiger partial charge in [-0.2, -0.15) is 0 Å². The summed E-state index contributed by atoms with van der Waals surface area (Å²) in [6.45, 7) is 0. The first kappa shape index (κ1) is 14.4. The van der Waals surface area contributed by atoms with Gasteiger partial charge in [0, 0.05) is 18.2 Å². The van der Waals surface area contributed by atoms with Crippen molar-refractivity contribution in [3.8, 4) is 0 Å². The van der Waals surface area contributed by atoms with Crippen LogP contribution in [0.2, 0.25) is 0 Å². The van der Waals surface area contributed by atoms with E-state index in [4.69, 9.17) is 0 Å². The lowest BCUT2D eigenvalue weighted by atomic mass is 9.85. The minimum absolute atomic E-state index is 0.324. The van der Waals surface area contributed by atoms with E-state index in [2.05, 4.69) is 10.6 Å². The van der Waals surface area contributed by atoms with Gasteiger partial charge in [-0.3, -0.25) is 4.79 Å². The van der Waals surface area contributed by atoms with Gasteiger partial charge in [-0.25, -0.2) is 13.2 Å². The van der Waals surface area contributed by atoms with Crippen LogP contribution >= 0.6 is 0 Å². The van der Waals surface area contributed by atoms with Crippen molar-refractivity contribution in [2.24, 2.45) is 5.92 Å². The number of rotatable bonds is 2. The van der Waals surface area contributed by atoms with E-state index in [1.54, 1.807) is 0 Å². The average Bonchev–Trinajstić information content (AvgIpc) is 2.88. The van der Waals surface area contributed by atoms with Crippen molar-refractivity contribution in [3.05, 3.63) is 29.6 Å². The summed E-state index contributed by atoms with van der Waals surface area (Å²) in [7, 11) is 0. The van der Waals surface area contributed by atoms with Gasteiger partial charge in [0.15, 0.2) is 11.6 Å². The van der Waals surface area contributed by atoms with E-state index in [0.717, 1.165) is 19.3 Å². The molecule has 1 aromatic carbocycles. The van der Waals surface area contributed by atoms with E-state index in [9.17, 15) is 18.0 Å². The van der Waals surface area contributed by atoms with Crippen LogP contribution in [0.25, 0.3) is 0 Å². The highest BCUT2D eigenvalue weighted by atomic mass is 19.2. The third-order valence-electron chi connectivity index (χ3n) is 4.45. The molecule has 114 valence electrons. The zero-order valence-electron chi connectivity index (χ0n) is 11.5. The quantitative estimate of drug-likeness (QED) is 0.824. The molecule has 1 saturated heterocycles. The van der Waals surface area contributed by atoms with Crippen molar-refractivity contribution in [1.29, 1.82) is 0 Å². The number of benzene rings is 1. The van der Waals surface area contributed by atoms with Gasteiger partial charge in [0.05, 0.1) is 11.7 Å². The van der Waals surface area contributed by atoms with Crippen LogP contribution < -0.4 is 10.6 Å². The third kappa shape index (κ3) is 2.90. The fourth-order valence-electron chi connectivity index (χ4n) is 3.36. The van der Waals surface area contributed by atoms with Gasteiger partial charge in [0.25, 0.3) is 0 Å². The number of nitrogens with one attached hydrogen (secondary N) is 2. The van der Waals surface area contributed by atoms with Crippen molar-refractivity contribution in [1.82, 2.24) is 5.32 Å². The lowest BCUT2D eigenvalue weighted by Crippen LogP contribution is -2.40. The van der Waals surface area contributed by atoms with Crippen LogP contribution in [0, 0.1) is 23.4 Å². The van der Waals surface area contributed by atoms with E-state index in [1.165, 1.54) is 6.42 Å². The number of carbonyl (C=O) groups excluding carboxylic acids is 1. The van der Waals surface area contributed by atoms with Crippen LogP contribution in [-0.4, -0.2) is 18.0 Å². The minimum atomic E-state index is -1.27. The lowest BCUT2D eigenvalue weighted by Gasteiger charge is -2.24. The van der Waals surface area contributed by atoms with Crippen LogP contribution in [-0.2, 0) is 4.79 Å². The molecule has 2 aliphatic rings. The molecule has 1 saturated carbocycles. The van der Waals surface area contributed by atoms with Crippen LogP contribution in [0.1, 0.15) is 32.1 Å². The SMILES string of the molecule is O=C(Nc1cc(F)c(F)cc1F)C1CC2CCCCC2N1. The van der Waals surface area contributed by atoms with E-state index in [-0.39, 0.29) is 5.69 Å². The summed E-state index contributed by atoms with van der Waals surface area (Å²) in [6.07, 6.45) is 5.19. The molecular weight excluding hydrogens is 281 g/mol. The molecule has 3 rings (SSSR count). The Bertz CT molecular complexity index is 550. The van der Waals surface area contributed by atoms with Crippen molar-refractivity contribution in [2.75, 3.05) is 5.32 Å². The fraction of sp³-hybridized carbons (Fsp3) is 0.533. The first-order valence-electron chi connectivity index (χ1n) is 7.26. The summed E-state index contributed by atoms with van der Waals surface area (Å²) in [5.74, 6) is -3.34. The number of anilines is 1. The maximum atomic E-state index is 13.5. The Hall–Kier alpha value is -1.56. The van der Waals surface area contributed by atoms with E-state index >= 15 is 0 Å². The van der Waals surface area contributed by atoms with Crippen LogP contribution in [0.15, 0.2) is 12.1 Å². The van der Waals surface area contributed by atoms with Crippen LogP contribution in [0.5, 0.6) is 0 Å². The van der Waals surface area contributed by atoms with Crippen molar-refractivity contribution in [3.63, 3.8) is 0 Å². The van der Waals surface area contributed by atoms with Crippen LogP contribution in [0.4, 0.5) is 18.9 Å². The first-order valence-corrected chi connectivity index (χ1v) is 7.26. The second-order valence-corrected chi connectivity index (χ2v) is 5.84. The Morgan fingerprint density at radius 3 is 2.57 bits per heavy atom. The molecule has 3 atom stereocenters. The number of amides is 1. The number of carbonyl (C=O) groups is 1. The number of hydrogen-bond donors (Lipinski definition) is 2. The van der Waals surface area contributed by atoms with Gasteiger partial charge >= 0.3 is 0 Å². The molecule has 0 aromatic heterocycles. The summed E-state index contributed by atoms with van der Waals surface area (Å²) in [5.41, 5.74) is -0.324. The third-order valence-corrected chi connectivity index (χ3v) is 4.45. The standard InChI is InChI=1S/C15H17F3N2O/c16-9-6-11(18)13(7-10(9)17)20-15(21)14-5-8-3-1-2-4-12(8)19-14/h6-8,12,14,19H,1-5H2,(H,20,21). The topological polar surface area (TPSA) is 41.1 Å². The second-order valence-electron chi connectivity index (χ2n) is 5.84. The average molecular weight is 298 g/mol. The van der Waals surface area contributed by atoms with E-state index in [1.807, 2.05) is 0 Å². The highest BCUT2D eigenvalue weighted by Crippen LogP contribution is 2.33. The molecular formula is C15H17F3N2O. The normalized spacial score (nSPS) is 28.2. The molecule has 0 bridgehead atoms. The molecule has 0 spiro atoms. The maximum absolute atomic E-state index is 13.5. The zero-order valence-corrected chi connectivity index (χ0v) is 11.5. The Morgan fingerprint density at radius 1 is 1.10 bits per heavy atom. The minimum Gasteiger partial charge on any atom is -0.322 e. The summed E-state index contributed by atoms with van der Waals surface area (Å²) in [6, 6.07) is 1.05. The van der Waals surface area contributed by atoms with E-state index in [0.29, 0.717) is 30.5 Å². The molecule has 3 unspecified atom stereocenters. The van der Waals surface area contributed by atoms with Crippen molar-refractivity contribution in [2.45, 2.75) is 44.2 Å². The van der Waals surface area contributed by atoms with Gasteiger partial charge in [-0.15, -0.1) is 0 Å². The molecule has 2 fully saturated rings. The molecule has 1 heterocycles. The van der Waals surface area contributed by atoms with Gasteiger partial charge in [0.1, 0.15) is 5.82 Å². The van der Waals surface area contributed by atoms with Gasteiger partial charge in [-0.1, -0.05) is 12.8 Å². The van der Waals surface area contributed by atoms with Gasteiger partial charge < -0.3 is 10.6 Å². The van der Waals surface area contributed by atoms with Gasteiger partial charge in [-0.05, 0) is 25.2 Å². The monoisotopic (exact) mass is 298 g/mol. The molecule has 1 aliphatic heterocycles. The molecule has 1 amide bonds. The van der Waals surface area contributed by atoms with Gasteiger partial charge in [0.2, 0.25) is 5.91 Å². The largest absolute Gasteiger partial charge is 0.322 e. The highest BCUT2D eigenvalue weighted by molar-refractivity contribution is 5.95. The Balaban J connectivity index is 1.68. The summed E-state index contributed by atoms with van der Waals surface area (Å²) in [4.78, 5) is 12.2. The molecule has 0 radical (unpaired) electrons. The molecule has 1 aliphatic carbocycles. The summed E-state index contributed by atoms with van der Waals surface area (Å²) in [5, 5.41) is 5.60. The fourth-order valence-corrected chi connectivity index (χ4v) is 3.36. The van der Waals surface area contributed by atoms with Crippen molar-refractivity contribution >= 4 is 11.6 Å². The van der Waals surface area contributed by atoms with Crippen LogP contribution in [0.3, 0.4) is 0 Å². The predicted octanol–water partition coefficient (Wildman–Crippen LogP) is 2.96. The zero-order chi connectivity index (χ0) is 15.0. The number of hydrogen-bond acceptors (Lipinski definition) is 2. The summed E-state index contributed by atoms with van der Waals surface area (Å²) >= 11 is 0. The molecule has 6 heteroatoms. The second kappa shape index (κ2) is 5.67. The lowest BCUT2D eigenvalue weighted by molar-refractivity contribution is -0.117. The number of fused-ring (bicyclic) bond motifs is 1. The molecule has 1 aromatic rings. The summed E-state index contributed by atoms with van der Waals surface area (Å²) < 4.78 is 39.5. The molecule has 2 N–H and O–H groups in total.